The first-order chi connectivity index (χ1) is 9.16. The number of rotatable bonds is 4. The van der Waals surface area contributed by atoms with Gasteiger partial charge in [0.25, 0.3) is 0 Å². The number of benzene rings is 1. The zero-order valence-corrected chi connectivity index (χ0v) is 11.1. The zero-order chi connectivity index (χ0) is 13.7. The van der Waals surface area contributed by atoms with E-state index >= 15 is 0 Å². The summed E-state index contributed by atoms with van der Waals surface area (Å²) in [5.74, 6) is 0.545. The van der Waals surface area contributed by atoms with Crippen LogP contribution in [-0.4, -0.2) is 15.7 Å². The molecular weight excluding hydrogens is 238 g/mol. The minimum atomic E-state index is -0.161. The Bertz CT molecular complexity index is 570. The van der Waals surface area contributed by atoms with Crippen LogP contribution in [0.3, 0.4) is 0 Å². The molecule has 0 aliphatic rings. The number of nitrogens with zero attached hydrogens (tertiary/aromatic N) is 2. The number of anilines is 1. The van der Waals surface area contributed by atoms with E-state index in [1.165, 1.54) is 6.08 Å². The van der Waals surface area contributed by atoms with Crippen LogP contribution in [0.5, 0.6) is 0 Å². The predicted octanol–water partition coefficient (Wildman–Crippen LogP) is 3.12. The minimum absolute atomic E-state index is 0.161. The van der Waals surface area contributed by atoms with E-state index in [-0.39, 0.29) is 11.9 Å². The van der Waals surface area contributed by atoms with Crippen LogP contribution < -0.4 is 5.32 Å². The van der Waals surface area contributed by atoms with Crippen molar-refractivity contribution in [1.82, 2.24) is 9.78 Å². The average Bonchev–Trinajstić information content (AvgIpc) is 2.86. The number of aromatic nitrogens is 2. The number of carbonyl (C=O) groups is 1. The minimum Gasteiger partial charge on any atom is -0.307 e. The Morgan fingerprint density at radius 2 is 2.00 bits per heavy atom. The van der Waals surface area contributed by atoms with E-state index in [2.05, 4.69) is 10.4 Å². The Balaban J connectivity index is 2.02. The summed E-state index contributed by atoms with van der Waals surface area (Å²) >= 11 is 0. The summed E-state index contributed by atoms with van der Waals surface area (Å²) in [7, 11) is 0. The van der Waals surface area contributed by atoms with Crippen LogP contribution >= 0.6 is 0 Å². The first kappa shape index (κ1) is 13.1. The largest absolute Gasteiger partial charge is 0.307 e. The summed E-state index contributed by atoms with van der Waals surface area (Å²) in [6, 6.07) is 11.7. The molecule has 0 aliphatic carbocycles. The summed E-state index contributed by atoms with van der Waals surface area (Å²) in [4.78, 5) is 11.8. The standard InChI is InChI=1S/C15H17N3O/c1-12(2)18-14(10-11-16-18)17-15(19)9-8-13-6-4-3-5-7-13/h3-12H,1-2H3,(H,17,19). The van der Waals surface area contributed by atoms with Gasteiger partial charge >= 0.3 is 0 Å². The molecule has 4 heteroatoms. The van der Waals surface area contributed by atoms with Gasteiger partial charge in [0.15, 0.2) is 0 Å². The highest BCUT2D eigenvalue weighted by atomic mass is 16.1. The SMILES string of the molecule is CC(C)n1nccc1NC(=O)C=Cc1ccccc1. The second kappa shape index (κ2) is 6.00. The molecule has 2 aromatic rings. The van der Waals surface area contributed by atoms with Crippen LogP contribution in [0.25, 0.3) is 6.08 Å². The highest BCUT2D eigenvalue weighted by molar-refractivity contribution is 6.01. The Hall–Kier alpha value is -2.36. The van der Waals surface area contributed by atoms with Gasteiger partial charge in [0.2, 0.25) is 5.91 Å². The van der Waals surface area contributed by atoms with E-state index in [4.69, 9.17) is 0 Å². The first-order valence-electron chi connectivity index (χ1n) is 6.24. The van der Waals surface area contributed by atoms with Crippen LogP contribution in [0.4, 0.5) is 5.82 Å². The third-order valence-electron chi connectivity index (χ3n) is 2.64. The fourth-order valence-electron chi connectivity index (χ4n) is 1.73. The van der Waals surface area contributed by atoms with Gasteiger partial charge in [0, 0.05) is 18.2 Å². The molecule has 1 aromatic heterocycles. The van der Waals surface area contributed by atoms with Gasteiger partial charge < -0.3 is 5.32 Å². The molecule has 19 heavy (non-hydrogen) atoms. The Kier molecular flexibility index (Phi) is 4.13. The summed E-state index contributed by atoms with van der Waals surface area (Å²) in [5.41, 5.74) is 0.995. The molecule has 4 nitrogen and oxygen atoms in total. The van der Waals surface area contributed by atoms with E-state index < -0.39 is 0 Å². The van der Waals surface area contributed by atoms with Gasteiger partial charge in [-0.1, -0.05) is 30.3 Å². The van der Waals surface area contributed by atoms with Gasteiger partial charge in [-0.3, -0.25) is 4.79 Å². The molecule has 0 radical (unpaired) electrons. The van der Waals surface area contributed by atoms with Crippen LogP contribution in [0.15, 0.2) is 48.7 Å². The van der Waals surface area contributed by atoms with Gasteiger partial charge in [-0.15, -0.1) is 0 Å². The fraction of sp³-hybridized carbons (Fsp3) is 0.200. The molecular formula is C15H17N3O. The summed E-state index contributed by atoms with van der Waals surface area (Å²) in [6.45, 7) is 4.03. The molecule has 1 heterocycles. The quantitative estimate of drug-likeness (QED) is 0.853. The molecule has 1 amide bonds. The van der Waals surface area contributed by atoms with Crippen molar-refractivity contribution in [3.05, 3.63) is 54.2 Å². The molecule has 0 aliphatic heterocycles. The molecule has 0 atom stereocenters. The van der Waals surface area contributed by atoms with Crippen LogP contribution in [0.1, 0.15) is 25.5 Å². The molecule has 98 valence electrons. The van der Waals surface area contributed by atoms with E-state index in [1.54, 1.807) is 23.0 Å². The van der Waals surface area contributed by atoms with E-state index in [1.807, 2.05) is 44.2 Å². The smallest absolute Gasteiger partial charge is 0.249 e. The molecule has 0 saturated heterocycles. The second-order valence-electron chi connectivity index (χ2n) is 4.49. The van der Waals surface area contributed by atoms with Gasteiger partial charge in [-0.05, 0) is 25.5 Å². The Morgan fingerprint density at radius 3 is 2.68 bits per heavy atom. The van der Waals surface area contributed by atoms with E-state index in [0.29, 0.717) is 5.82 Å². The van der Waals surface area contributed by atoms with Crippen molar-refractivity contribution in [3.8, 4) is 0 Å². The van der Waals surface area contributed by atoms with Crippen LogP contribution in [0, 0.1) is 0 Å². The fourth-order valence-corrected chi connectivity index (χ4v) is 1.73. The Morgan fingerprint density at radius 1 is 1.26 bits per heavy atom. The Labute approximate surface area is 112 Å². The molecule has 1 aromatic carbocycles. The maximum atomic E-state index is 11.8. The van der Waals surface area contributed by atoms with Crippen molar-refractivity contribution in [2.24, 2.45) is 0 Å². The predicted molar refractivity (Wildman–Crippen MR) is 76.7 cm³/mol. The summed E-state index contributed by atoms with van der Waals surface area (Å²) in [5, 5.41) is 6.98. The summed E-state index contributed by atoms with van der Waals surface area (Å²) < 4.78 is 1.77. The molecule has 0 spiro atoms. The first-order valence-corrected chi connectivity index (χ1v) is 6.24. The second-order valence-corrected chi connectivity index (χ2v) is 4.49. The number of nitrogens with one attached hydrogen (secondary N) is 1. The molecule has 0 saturated carbocycles. The number of hydrogen-bond donors (Lipinski definition) is 1. The van der Waals surface area contributed by atoms with E-state index in [0.717, 1.165) is 5.56 Å². The molecule has 0 bridgehead atoms. The summed E-state index contributed by atoms with van der Waals surface area (Å²) in [6.07, 6.45) is 4.98. The lowest BCUT2D eigenvalue weighted by molar-refractivity contribution is -0.111. The van der Waals surface area contributed by atoms with Gasteiger partial charge in [0.1, 0.15) is 5.82 Å². The maximum absolute atomic E-state index is 11.8. The topological polar surface area (TPSA) is 46.9 Å². The van der Waals surface area contributed by atoms with Crippen molar-refractivity contribution < 1.29 is 4.79 Å². The molecule has 0 unspecified atom stereocenters. The zero-order valence-electron chi connectivity index (χ0n) is 11.1. The van der Waals surface area contributed by atoms with Gasteiger partial charge in [-0.2, -0.15) is 5.10 Å². The highest BCUT2D eigenvalue weighted by Crippen LogP contribution is 2.13. The number of carbonyl (C=O) groups excluding carboxylic acids is 1. The number of hydrogen-bond acceptors (Lipinski definition) is 2. The lowest BCUT2D eigenvalue weighted by atomic mass is 10.2. The molecule has 1 N–H and O–H groups in total. The van der Waals surface area contributed by atoms with Gasteiger partial charge in [-0.25, -0.2) is 4.68 Å². The maximum Gasteiger partial charge on any atom is 0.249 e. The highest BCUT2D eigenvalue weighted by Gasteiger charge is 2.07. The van der Waals surface area contributed by atoms with Gasteiger partial charge in [0.05, 0.1) is 6.20 Å². The lowest BCUT2D eigenvalue weighted by Gasteiger charge is -2.10. The van der Waals surface area contributed by atoms with Crippen molar-refractivity contribution in [1.29, 1.82) is 0 Å². The van der Waals surface area contributed by atoms with Crippen molar-refractivity contribution in [3.63, 3.8) is 0 Å². The number of amides is 1. The molecule has 2 rings (SSSR count). The van der Waals surface area contributed by atoms with Crippen molar-refractivity contribution >= 4 is 17.8 Å². The third-order valence-corrected chi connectivity index (χ3v) is 2.64. The monoisotopic (exact) mass is 255 g/mol. The van der Waals surface area contributed by atoms with Crippen LogP contribution in [0.2, 0.25) is 0 Å². The average molecular weight is 255 g/mol. The van der Waals surface area contributed by atoms with Crippen LogP contribution in [-0.2, 0) is 4.79 Å². The molecule has 0 fully saturated rings. The van der Waals surface area contributed by atoms with Crippen molar-refractivity contribution in [2.45, 2.75) is 19.9 Å². The lowest BCUT2D eigenvalue weighted by Crippen LogP contribution is -2.14. The third kappa shape index (κ3) is 3.55. The van der Waals surface area contributed by atoms with Crippen molar-refractivity contribution in [2.75, 3.05) is 5.32 Å². The van der Waals surface area contributed by atoms with E-state index in [9.17, 15) is 4.79 Å². The normalized spacial score (nSPS) is 11.1.